The van der Waals surface area contributed by atoms with E-state index in [-0.39, 0.29) is 0 Å². The summed E-state index contributed by atoms with van der Waals surface area (Å²) in [7, 11) is 0. The molecule has 0 bridgehead atoms. The number of tetrazole rings is 1. The molecule has 0 aliphatic rings. The van der Waals surface area contributed by atoms with Gasteiger partial charge in [0.2, 0.25) is 4.77 Å². The standard InChI is InChI=1S/C6H6N4S2/c11-6-7-8-9-10(6)4-5-2-1-3-12-5/h1-3H,4H2,(H,7,9,11). The Balaban J connectivity index is 2.25. The Morgan fingerprint density at radius 1 is 1.67 bits per heavy atom. The molecular formula is C6H6N4S2. The molecule has 2 rings (SSSR count). The van der Waals surface area contributed by atoms with Gasteiger partial charge in [0.25, 0.3) is 0 Å². The van der Waals surface area contributed by atoms with Gasteiger partial charge in [0.1, 0.15) is 0 Å². The van der Waals surface area contributed by atoms with Gasteiger partial charge in [0.15, 0.2) is 0 Å². The minimum Gasteiger partial charge on any atom is -0.237 e. The second-order valence-electron chi connectivity index (χ2n) is 2.25. The van der Waals surface area contributed by atoms with Gasteiger partial charge in [-0.3, -0.25) is 0 Å². The molecule has 2 heterocycles. The lowest BCUT2D eigenvalue weighted by Gasteiger charge is -1.95. The summed E-state index contributed by atoms with van der Waals surface area (Å²) in [6.45, 7) is 0.726. The lowest BCUT2D eigenvalue weighted by atomic mass is 10.5. The summed E-state index contributed by atoms with van der Waals surface area (Å²) in [6.07, 6.45) is 0. The van der Waals surface area contributed by atoms with Crippen molar-refractivity contribution in [2.75, 3.05) is 0 Å². The average molecular weight is 198 g/mol. The molecule has 0 fully saturated rings. The maximum Gasteiger partial charge on any atom is 0.238 e. The molecule has 12 heavy (non-hydrogen) atoms. The van der Waals surface area contributed by atoms with E-state index in [0.717, 1.165) is 6.54 Å². The van der Waals surface area contributed by atoms with Crippen LogP contribution in [0.3, 0.4) is 0 Å². The highest BCUT2D eigenvalue weighted by atomic mass is 32.1. The number of nitrogens with one attached hydrogen (secondary N) is 1. The van der Waals surface area contributed by atoms with Gasteiger partial charge in [0, 0.05) is 4.88 Å². The third-order valence-corrected chi connectivity index (χ3v) is 2.59. The van der Waals surface area contributed by atoms with E-state index < -0.39 is 0 Å². The SMILES string of the molecule is S=c1nn[nH]n1Cc1cccs1. The van der Waals surface area contributed by atoms with Crippen LogP contribution in [-0.4, -0.2) is 20.2 Å². The summed E-state index contributed by atoms with van der Waals surface area (Å²) in [6, 6.07) is 4.06. The van der Waals surface area contributed by atoms with Crippen LogP contribution in [0.5, 0.6) is 0 Å². The minimum atomic E-state index is 0.489. The fourth-order valence-corrected chi connectivity index (χ4v) is 1.72. The number of thiophene rings is 1. The molecule has 0 saturated carbocycles. The molecule has 1 N–H and O–H groups in total. The summed E-state index contributed by atoms with van der Waals surface area (Å²) >= 11 is 6.61. The van der Waals surface area contributed by atoms with Crippen molar-refractivity contribution < 1.29 is 0 Å². The van der Waals surface area contributed by atoms with Gasteiger partial charge in [0.05, 0.1) is 6.54 Å². The second-order valence-corrected chi connectivity index (χ2v) is 3.65. The van der Waals surface area contributed by atoms with Crippen molar-refractivity contribution in [1.29, 1.82) is 0 Å². The van der Waals surface area contributed by atoms with Gasteiger partial charge < -0.3 is 0 Å². The van der Waals surface area contributed by atoms with Crippen LogP contribution in [0.4, 0.5) is 0 Å². The molecule has 0 radical (unpaired) electrons. The predicted molar refractivity (Wildman–Crippen MR) is 48.6 cm³/mol. The van der Waals surface area contributed by atoms with E-state index in [1.807, 2.05) is 17.5 Å². The normalized spacial score (nSPS) is 10.3. The first kappa shape index (κ1) is 7.63. The largest absolute Gasteiger partial charge is 0.238 e. The number of aromatic nitrogens is 4. The van der Waals surface area contributed by atoms with Crippen LogP contribution in [0.15, 0.2) is 17.5 Å². The quantitative estimate of drug-likeness (QED) is 0.743. The van der Waals surface area contributed by atoms with E-state index in [0.29, 0.717) is 4.77 Å². The zero-order chi connectivity index (χ0) is 8.39. The Bertz CT molecular complexity index is 399. The summed E-state index contributed by atoms with van der Waals surface area (Å²) in [5.74, 6) is 0. The Labute approximate surface area is 77.8 Å². The molecule has 2 aromatic rings. The first-order chi connectivity index (χ1) is 5.86. The van der Waals surface area contributed by atoms with Crippen molar-refractivity contribution in [1.82, 2.24) is 20.2 Å². The van der Waals surface area contributed by atoms with Crippen LogP contribution in [0.2, 0.25) is 0 Å². The molecule has 62 valence electrons. The highest BCUT2D eigenvalue weighted by Gasteiger charge is 1.97. The van der Waals surface area contributed by atoms with Gasteiger partial charge in [-0.2, -0.15) is 5.21 Å². The van der Waals surface area contributed by atoms with Crippen LogP contribution in [0.25, 0.3) is 0 Å². The Kier molecular flexibility index (Phi) is 2.01. The van der Waals surface area contributed by atoms with Crippen LogP contribution in [0.1, 0.15) is 4.88 Å². The monoisotopic (exact) mass is 198 g/mol. The number of hydrogen-bond donors (Lipinski definition) is 1. The van der Waals surface area contributed by atoms with Crippen molar-refractivity contribution >= 4 is 23.6 Å². The van der Waals surface area contributed by atoms with E-state index in [1.54, 1.807) is 16.0 Å². The van der Waals surface area contributed by atoms with Crippen molar-refractivity contribution in [2.45, 2.75) is 6.54 Å². The molecule has 0 amide bonds. The highest BCUT2D eigenvalue weighted by molar-refractivity contribution is 7.71. The van der Waals surface area contributed by atoms with Gasteiger partial charge >= 0.3 is 0 Å². The van der Waals surface area contributed by atoms with Gasteiger partial charge in [-0.15, -0.1) is 11.3 Å². The maximum atomic E-state index is 4.92. The van der Waals surface area contributed by atoms with Crippen molar-refractivity contribution in [3.8, 4) is 0 Å². The Morgan fingerprint density at radius 2 is 2.58 bits per heavy atom. The predicted octanol–water partition coefficient (Wildman–Crippen LogP) is 1.45. The molecule has 0 aliphatic heterocycles. The fraction of sp³-hybridized carbons (Fsp3) is 0.167. The third-order valence-electron chi connectivity index (χ3n) is 1.43. The first-order valence-corrected chi connectivity index (χ1v) is 4.65. The third kappa shape index (κ3) is 1.44. The lowest BCUT2D eigenvalue weighted by Crippen LogP contribution is -1.99. The van der Waals surface area contributed by atoms with Crippen molar-refractivity contribution in [2.24, 2.45) is 0 Å². The molecule has 0 spiro atoms. The van der Waals surface area contributed by atoms with E-state index >= 15 is 0 Å². The number of nitrogens with zero attached hydrogens (tertiary/aromatic N) is 3. The van der Waals surface area contributed by atoms with E-state index in [1.165, 1.54) is 4.88 Å². The number of aromatic amines is 1. The van der Waals surface area contributed by atoms with Crippen LogP contribution in [-0.2, 0) is 6.54 Å². The summed E-state index contributed by atoms with van der Waals surface area (Å²) in [5.41, 5.74) is 0. The second kappa shape index (κ2) is 3.16. The topological polar surface area (TPSA) is 46.5 Å². The Morgan fingerprint density at radius 3 is 3.17 bits per heavy atom. The van der Waals surface area contributed by atoms with Crippen LogP contribution in [0, 0.1) is 4.77 Å². The van der Waals surface area contributed by atoms with Gasteiger partial charge in [-0.25, -0.2) is 4.68 Å². The smallest absolute Gasteiger partial charge is 0.237 e. The van der Waals surface area contributed by atoms with Crippen molar-refractivity contribution in [3.63, 3.8) is 0 Å². The van der Waals surface area contributed by atoms with E-state index in [4.69, 9.17) is 12.2 Å². The maximum absolute atomic E-state index is 4.92. The molecule has 0 atom stereocenters. The van der Waals surface area contributed by atoms with Crippen LogP contribution < -0.4 is 0 Å². The minimum absolute atomic E-state index is 0.489. The zero-order valence-electron chi connectivity index (χ0n) is 6.10. The molecule has 0 aliphatic carbocycles. The first-order valence-electron chi connectivity index (χ1n) is 3.36. The molecule has 2 aromatic heterocycles. The van der Waals surface area contributed by atoms with Crippen LogP contribution >= 0.6 is 23.6 Å². The van der Waals surface area contributed by atoms with Gasteiger partial charge in [-0.1, -0.05) is 16.4 Å². The fourth-order valence-electron chi connectivity index (χ4n) is 0.877. The summed E-state index contributed by atoms with van der Waals surface area (Å²) in [4.78, 5) is 1.23. The number of rotatable bonds is 2. The lowest BCUT2D eigenvalue weighted by molar-refractivity contribution is 0.648. The molecule has 0 unspecified atom stereocenters. The molecular weight excluding hydrogens is 192 g/mol. The van der Waals surface area contributed by atoms with E-state index in [2.05, 4.69) is 15.5 Å². The summed E-state index contributed by atoms with van der Waals surface area (Å²) < 4.78 is 2.21. The van der Waals surface area contributed by atoms with Gasteiger partial charge in [-0.05, 0) is 23.7 Å². The number of H-pyrrole nitrogens is 1. The molecule has 6 heteroatoms. The number of hydrogen-bond acceptors (Lipinski definition) is 4. The molecule has 0 saturated heterocycles. The van der Waals surface area contributed by atoms with E-state index in [9.17, 15) is 0 Å². The molecule has 4 nitrogen and oxygen atoms in total. The molecule has 0 aromatic carbocycles. The van der Waals surface area contributed by atoms with Crippen molar-refractivity contribution in [3.05, 3.63) is 27.2 Å². The zero-order valence-corrected chi connectivity index (χ0v) is 7.73. The summed E-state index contributed by atoms with van der Waals surface area (Å²) in [5, 5.41) is 12.0. The Hall–Kier alpha value is -1.01. The highest BCUT2D eigenvalue weighted by Crippen LogP contribution is 2.09. The average Bonchev–Trinajstić information content (AvgIpc) is 2.65.